The Morgan fingerprint density at radius 3 is 2.45 bits per heavy atom. The molecule has 0 amide bonds. The van der Waals surface area contributed by atoms with E-state index in [2.05, 4.69) is 0 Å². The SMILES string of the molecule is COc1cc(O)c2c(C)c(-c3ccccc3)c(=O)n(C)c2c1. The number of phenols is 1. The molecule has 3 rings (SSSR count). The summed E-state index contributed by atoms with van der Waals surface area (Å²) in [4.78, 5) is 12.8. The molecule has 2 aromatic carbocycles. The van der Waals surface area contributed by atoms with Gasteiger partial charge in [-0.05, 0) is 18.1 Å². The van der Waals surface area contributed by atoms with Gasteiger partial charge in [0.25, 0.3) is 5.56 Å². The Labute approximate surface area is 128 Å². The van der Waals surface area contributed by atoms with E-state index >= 15 is 0 Å². The molecule has 0 aliphatic carbocycles. The Morgan fingerprint density at radius 1 is 1.14 bits per heavy atom. The molecule has 0 aliphatic rings. The lowest BCUT2D eigenvalue weighted by atomic mass is 9.97. The molecule has 4 heteroatoms. The monoisotopic (exact) mass is 295 g/mol. The highest BCUT2D eigenvalue weighted by atomic mass is 16.5. The van der Waals surface area contributed by atoms with E-state index in [4.69, 9.17) is 4.74 Å². The summed E-state index contributed by atoms with van der Waals surface area (Å²) >= 11 is 0. The molecular formula is C18H17NO3. The maximum absolute atomic E-state index is 12.8. The predicted octanol–water partition coefficient (Wildman–Crippen LogP) is 3.23. The number of methoxy groups -OCH3 is 1. The quantitative estimate of drug-likeness (QED) is 0.789. The number of pyridine rings is 1. The highest BCUT2D eigenvalue weighted by molar-refractivity contribution is 5.94. The molecule has 0 saturated carbocycles. The van der Waals surface area contributed by atoms with Crippen LogP contribution >= 0.6 is 0 Å². The van der Waals surface area contributed by atoms with Crippen molar-refractivity contribution >= 4 is 10.9 Å². The summed E-state index contributed by atoms with van der Waals surface area (Å²) in [5, 5.41) is 11.0. The summed E-state index contributed by atoms with van der Waals surface area (Å²) in [5.74, 6) is 0.631. The van der Waals surface area contributed by atoms with Crippen LogP contribution in [0.1, 0.15) is 5.56 Å². The number of fused-ring (bicyclic) bond motifs is 1. The highest BCUT2D eigenvalue weighted by Crippen LogP contribution is 2.35. The number of hydrogen-bond acceptors (Lipinski definition) is 3. The second kappa shape index (κ2) is 5.22. The minimum Gasteiger partial charge on any atom is -0.507 e. The second-order valence-electron chi connectivity index (χ2n) is 5.27. The van der Waals surface area contributed by atoms with Crippen molar-refractivity contribution in [2.75, 3.05) is 7.11 Å². The Morgan fingerprint density at radius 2 is 1.82 bits per heavy atom. The van der Waals surface area contributed by atoms with Gasteiger partial charge in [0.1, 0.15) is 11.5 Å². The molecule has 0 atom stereocenters. The zero-order chi connectivity index (χ0) is 15.9. The van der Waals surface area contributed by atoms with Crippen LogP contribution in [0.5, 0.6) is 11.5 Å². The predicted molar refractivity (Wildman–Crippen MR) is 87.6 cm³/mol. The Balaban J connectivity index is 2.48. The van der Waals surface area contributed by atoms with Crippen LogP contribution < -0.4 is 10.3 Å². The number of hydrogen-bond donors (Lipinski definition) is 1. The Hall–Kier alpha value is -2.75. The standard InChI is InChI=1S/C18H17NO3/c1-11-16(12-7-5-4-6-8-12)18(21)19(2)14-9-13(22-3)10-15(20)17(11)14/h4-10,20H,1-3H3. The smallest absolute Gasteiger partial charge is 0.258 e. The molecule has 0 aliphatic heterocycles. The lowest BCUT2D eigenvalue weighted by molar-refractivity contribution is 0.409. The van der Waals surface area contributed by atoms with Crippen LogP contribution in [0.15, 0.2) is 47.3 Å². The van der Waals surface area contributed by atoms with Gasteiger partial charge in [0.15, 0.2) is 0 Å². The molecule has 4 nitrogen and oxygen atoms in total. The molecule has 3 aromatic rings. The van der Waals surface area contributed by atoms with Crippen molar-refractivity contribution < 1.29 is 9.84 Å². The van der Waals surface area contributed by atoms with Gasteiger partial charge in [-0.3, -0.25) is 4.79 Å². The van der Waals surface area contributed by atoms with Crippen LogP contribution in [0.25, 0.3) is 22.0 Å². The topological polar surface area (TPSA) is 51.5 Å². The first kappa shape index (κ1) is 14.2. The minimum atomic E-state index is -0.0937. The van der Waals surface area contributed by atoms with E-state index in [0.717, 1.165) is 11.1 Å². The fraction of sp³-hybridized carbons (Fsp3) is 0.167. The number of aromatic nitrogens is 1. The molecule has 1 heterocycles. The molecular weight excluding hydrogens is 278 g/mol. The van der Waals surface area contributed by atoms with Crippen molar-refractivity contribution in [3.8, 4) is 22.6 Å². The van der Waals surface area contributed by atoms with Gasteiger partial charge >= 0.3 is 0 Å². The first-order valence-corrected chi connectivity index (χ1v) is 7.00. The molecule has 0 radical (unpaired) electrons. The van der Waals surface area contributed by atoms with Crippen LogP contribution in [0.3, 0.4) is 0 Å². The summed E-state index contributed by atoms with van der Waals surface area (Å²) in [6.45, 7) is 1.86. The molecule has 0 bridgehead atoms. The van der Waals surface area contributed by atoms with Gasteiger partial charge in [-0.25, -0.2) is 0 Å². The van der Waals surface area contributed by atoms with Gasteiger partial charge < -0.3 is 14.4 Å². The Bertz CT molecular complexity index is 911. The third-order valence-electron chi connectivity index (χ3n) is 4.00. The van der Waals surface area contributed by atoms with Crippen molar-refractivity contribution in [2.45, 2.75) is 6.92 Å². The molecule has 0 saturated heterocycles. The summed E-state index contributed by atoms with van der Waals surface area (Å²) in [6, 6.07) is 12.8. The third-order valence-corrected chi connectivity index (χ3v) is 4.00. The van der Waals surface area contributed by atoms with Gasteiger partial charge in [0.2, 0.25) is 0 Å². The van der Waals surface area contributed by atoms with Gasteiger partial charge in [-0.2, -0.15) is 0 Å². The molecule has 0 unspecified atom stereocenters. The van der Waals surface area contributed by atoms with Crippen LogP contribution in [-0.4, -0.2) is 16.8 Å². The Kier molecular flexibility index (Phi) is 3.37. The van der Waals surface area contributed by atoms with Crippen molar-refractivity contribution in [1.82, 2.24) is 4.57 Å². The van der Waals surface area contributed by atoms with E-state index in [0.29, 0.717) is 22.2 Å². The van der Waals surface area contributed by atoms with E-state index < -0.39 is 0 Å². The number of phenolic OH excluding ortho intramolecular Hbond substituents is 1. The first-order chi connectivity index (χ1) is 10.5. The van der Waals surface area contributed by atoms with E-state index in [1.54, 1.807) is 23.7 Å². The normalized spacial score (nSPS) is 10.9. The summed E-state index contributed by atoms with van der Waals surface area (Å²) < 4.78 is 6.73. The van der Waals surface area contributed by atoms with Crippen molar-refractivity contribution in [1.29, 1.82) is 0 Å². The van der Waals surface area contributed by atoms with E-state index in [1.165, 1.54) is 7.11 Å². The molecule has 22 heavy (non-hydrogen) atoms. The van der Waals surface area contributed by atoms with E-state index in [9.17, 15) is 9.90 Å². The van der Waals surface area contributed by atoms with Gasteiger partial charge in [-0.1, -0.05) is 30.3 Å². The minimum absolute atomic E-state index is 0.0937. The lowest BCUT2D eigenvalue weighted by Crippen LogP contribution is -2.20. The average molecular weight is 295 g/mol. The van der Waals surface area contributed by atoms with Crippen molar-refractivity contribution in [3.05, 3.63) is 58.4 Å². The van der Waals surface area contributed by atoms with E-state index in [-0.39, 0.29) is 11.3 Å². The molecule has 0 spiro atoms. The number of benzene rings is 2. The van der Waals surface area contributed by atoms with Crippen LogP contribution in [0.2, 0.25) is 0 Å². The zero-order valence-electron chi connectivity index (χ0n) is 12.8. The number of aryl methyl sites for hydroxylation is 2. The van der Waals surface area contributed by atoms with E-state index in [1.807, 2.05) is 37.3 Å². The largest absolute Gasteiger partial charge is 0.507 e. The van der Waals surface area contributed by atoms with Gasteiger partial charge in [0, 0.05) is 24.6 Å². The van der Waals surface area contributed by atoms with Crippen LogP contribution in [-0.2, 0) is 7.05 Å². The maximum Gasteiger partial charge on any atom is 0.258 e. The number of nitrogens with zero attached hydrogens (tertiary/aromatic N) is 1. The summed E-state index contributed by atoms with van der Waals surface area (Å²) in [7, 11) is 3.24. The third kappa shape index (κ3) is 2.04. The fourth-order valence-corrected chi connectivity index (χ4v) is 2.86. The number of ether oxygens (including phenoxy) is 1. The molecule has 1 aromatic heterocycles. The van der Waals surface area contributed by atoms with Crippen LogP contribution in [0, 0.1) is 6.92 Å². The lowest BCUT2D eigenvalue weighted by Gasteiger charge is -2.15. The number of rotatable bonds is 2. The van der Waals surface area contributed by atoms with Gasteiger partial charge in [-0.15, -0.1) is 0 Å². The first-order valence-electron chi connectivity index (χ1n) is 7.00. The van der Waals surface area contributed by atoms with Crippen LogP contribution in [0.4, 0.5) is 0 Å². The molecule has 1 N–H and O–H groups in total. The average Bonchev–Trinajstić information content (AvgIpc) is 2.53. The number of aromatic hydroxyl groups is 1. The van der Waals surface area contributed by atoms with Crippen molar-refractivity contribution in [3.63, 3.8) is 0 Å². The summed E-state index contributed by atoms with van der Waals surface area (Å²) in [5.41, 5.74) is 2.78. The highest BCUT2D eigenvalue weighted by Gasteiger charge is 2.17. The molecule has 112 valence electrons. The summed E-state index contributed by atoms with van der Waals surface area (Å²) in [6.07, 6.45) is 0. The zero-order valence-corrected chi connectivity index (χ0v) is 12.8. The fourth-order valence-electron chi connectivity index (χ4n) is 2.86. The molecule has 0 fully saturated rings. The van der Waals surface area contributed by atoms with Crippen molar-refractivity contribution in [2.24, 2.45) is 7.05 Å². The van der Waals surface area contributed by atoms with Gasteiger partial charge in [0.05, 0.1) is 18.2 Å². The maximum atomic E-state index is 12.8. The second-order valence-corrected chi connectivity index (χ2v) is 5.27.